The molecule has 1 unspecified atom stereocenters. The Morgan fingerprint density at radius 2 is 2.24 bits per heavy atom. The zero-order chi connectivity index (χ0) is 11.9. The Morgan fingerprint density at radius 1 is 1.35 bits per heavy atom. The Labute approximate surface area is 97.7 Å². The quantitative estimate of drug-likeness (QED) is 0.750. The van der Waals surface area contributed by atoms with Crippen molar-refractivity contribution in [2.45, 2.75) is 18.4 Å². The minimum Gasteiger partial charge on any atom is -0.490 e. The van der Waals surface area contributed by atoms with Crippen molar-refractivity contribution in [1.82, 2.24) is 5.32 Å². The van der Waals surface area contributed by atoms with Crippen molar-refractivity contribution in [2.75, 3.05) is 13.2 Å². The molecule has 2 heterocycles. The molecule has 90 valence electrons. The van der Waals surface area contributed by atoms with Crippen molar-refractivity contribution >= 4 is 6.09 Å². The molecule has 1 amide bonds. The number of fused-ring (bicyclic) bond motifs is 2. The largest absolute Gasteiger partial charge is 0.490 e. The molecule has 2 aliphatic rings. The van der Waals surface area contributed by atoms with E-state index in [-0.39, 0.29) is 12.4 Å². The fourth-order valence-corrected chi connectivity index (χ4v) is 2.45. The van der Waals surface area contributed by atoms with Gasteiger partial charge >= 0.3 is 6.09 Å². The molecule has 17 heavy (non-hydrogen) atoms. The molecule has 1 spiro atoms. The van der Waals surface area contributed by atoms with Crippen LogP contribution < -0.4 is 10.1 Å². The van der Waals surface area contributed by atoms with Crippen LogP contribution in [0.4, 0.5) is 9.18 Å². The number of benzene rings is 1. The van der Waals surface area contributed by atoms with E-state index < -0.39 is 17.4 Å². The number of hydrogen-bond acceptors (Lipinski definition) is 3. The fraction of sp³-hybridized carbons (Fsp3) is 0.417. The van der Waals surface area contributed by atoms with Gasteiger partial charge in [0, 0.05) is 5.56 Å². The van der Waals surface area contributed by atoms with Crippen LogP contribution in [-0.2, 0) is 10.3 Å². The number of carbonyl (C=O) groups is 1. The van der Waals surface area contributed by atoms with E-state index in [9.17, 15) is 9.18 Å². The zero-order valence-electron chi connectivity index (χ0n) is 9.16. The second kappa shape index (κ2) is 3.61. The lowest BCUT2D eigenvalue weighted by Crippen LogP contribution is -2.40. The summed E-state index contributed by atoms with van der Waals surface area (Å²) in [4.78, 5) is 11.3. The highest BCUT2D eigenvalue weighted by Crippen LogP contribution is 2.40. The first kappa shape index (κ1) is 10.4. The standard InChI is InChI=1S/C12H12FNO3/c13-9-4-1-3-8-10(9)16-6-2-5-12(8)7-17-11(15)14-12/h1,3-4H,2,5-7H2,(H,14,15). The van der Waals surface area contributed by atoms with E-state index in [1.165, 1.54) is 6.07 Å². The number of carbonyl (C=O) groups excluding carboxylic acids is 1. The molecule has 1 N–H and O–H groups in total. The fourth-order valence-electron chi connectivity index (χ4n) is 2.45. The van der Waals surface area contributed by atoms with Gasteiger partial charge in [0.25, 0.3) is 0 Å². The van der Waals surface area contributed by atoms with E-state index in [1.54, 1.807) is 12.1 Å². The molecule has 5 heteroatoms. The van der Waals surface area contributed by atoms with Gasteiger partial charge in [0.05, 0.1) is 6.61 Å². The number of rotatable bonds is 0. The summed E-state index contributed by atoms with van der Waals surface area (Å²) in [5.74, 6) is -0.166. The zero-order valence-corrected chi connectivity index (χ0v) is 9.16. The van der Waals surface area contributed by atoms with Crippen LogP contribution in [0.2, 0.25) is 0 Å². The maximum Gasteiger partial charge on any atom is 0.408 e. The van der Waals surface area contributed by atoms with Crippen molar-refractivity contribution in [3.8, 4) is 5.75 Å². The Bertz CT molecular complexity index is 477. The highest BCUT2D eigenvalue weighted by atomic mass is 19.1. The minimum atomic E-state index is -0.634. The van der Waals surface area contributed by atoms with Gasteiger partial charge in [-0.1, -0.05) is 12.1 Å². The molecule has 1 aromatic rings. The molecule has 1 aromatic carbocycles. The van der Waals surface area contributed by atoms with Crippen LogP contribution in [0.15, 0.2) is 18.2 Å². The predicted octanol–water partition coefficient (Wildman–Crippen LogP) is 1.93. The molecule has 3 rings (SSSR count). The maximum absolute atomic E-state index is 13.7. The summed E-state index contributed by atoms with van der Waals surface area (Å²) in [6, 6.07) is 4.75. The van der Waals surface area contributed by atoms with Crippen molar-refractivity contribution in [1.29, 1.82) is 0 Å². The average Bonchev–Trinajstić information content (AvgIpc) is 2.58. The third kappa shape index (κ3) is 1.53. The molecular weight excluding hydrogens is 225 g/mol. The topological polar surface area (TPSA) is 47.6 Å². The molecule has 2 aliphatic heterocycles. The Morgan fingerprint density at radius 3 is 3.00 bits per heavy atom. The molecule has 1 fully saturated rings. The summed E-state index contributed by atoms with van der Waals surface area (Å²) >= 11 is 0. The molecule has 0 bridgehead atoms. The van der Waals surface area contributed by atoms with Gasteiger partial charge in [-0.25, -0.2) is 9.18 Å². The van der Waals surface area contributed by atoms with Crippen LogP contribution in [0.3, 0.4) is 0 Å². The summed E-state index contributed by atoms with van der Waals surface area (Å²) in [6.45, 7) is 0.678. The highest BCUT2D eigenvalue weighted by Gasteiger charge is 2.44. The summed E-state index contributed by atoms with van der Waals surface area (Å²) in [7, 11) is 0. The molecular formula is C12H12FNO3. The second-order valence-corrected chi connectivity index (χ2v) is 4.35. The van der Waals surface area contributed by atoms with Gasteiger partial charge in [-0.15, -0.1) is 0 Å². The maximum atomic E-state index is 13.7. The molecule has 0 aromatic heterocycles. The van der Waals surface area contributed by atoms with Crippen LogP contribution >= 0.6 is 0 Å². The lowest BCUT2D eigenvalue weighted by molar-refractivity contribution is 0.171. The third-order valence-corrected chi connectivity index (χ3v) is 3.27. The lowest BCUT2D eigenvalue weighted by atomic mass is 9.87. The van der Waals surface area contributed by atoms with E-state index in [0.29, 0.717) is 18.6 Å². The van der Waals surface area contributed by atoms with Crippen LogP contribution in [0.5, 0.6) is 5.75 Å². The van der Waals surface area contributed by atoms with Crippen LogP contribution in [0, 0.1) is 5.82 Å². The van der Waals surface area contributed by atoms with Crippen LogP contribution in [0.1, 0.15) is 18.4 Å². The molecule has 0 saturated carbocycles. The molecule has 0 aliphatic carbocycles. The van der Waals surface area contributed by atoms with E-state index in [0.717, 1.165) is 6.42 Å². The van der Waals surface area contributed by atoms with Gasteiger partial charge in [-0.3, -0.25) is 0 Å². The summed E-state index contributed by atoms with van der Waals surface area (Å²) in [6.07, 6.45) is 0.981. The van der Waals surface area contributed by atoms with Gasteiger partial charge < -0.3 is 14.8 Å². The SMILES string of the molecule is O=C1NC2(CCCOc3c(F)cccc32)CO1. The first-order chi connectivity index (χ1) is 8.21. The predicted molar refractivity (Wildman–Crippen MR) is 57.3 cm³/mol. The van der Waals surface area contributed by atoms with Gasteiger partial charge in [0.1, 0.15) is 12.1 Å². The normalized spacial score (nSPS) is 26.8. The summed E-state index contributed by atoms with van der Waals surface area (Å²) in [5, 5.41) is 2.78. The number of para-hydroxylation sites is 1. The van der Waals surface area contributed by atoms with E-state index in [4.69, 9.17) is 9.47 Å². The van der Waals surface area contributed by atoms with Gasteiger partial charge in [0.15, 0.2) is 11.6 Å². The number of alkyl carbamates (subject to hydrolysis) is 1. The second-order valence-electron chi connectivity index (χ2n) is 4.35. The number of cyclic esters (lactones) is 1. The Hall–Kier alpha value is -1.78. The van der Waals surface area contributed by atoms with Gasteiger partial charge in [0.2, 0.25) is 0 Å². The van der Waals surface area contributed by atoms with Crippen molar-refractivity contribution in [3.05, 3.63) is 29.6 Å². The van der Waals surface area contributed by atoms with Crippen LogP contribution in [0.25, 0.3) is 0 Å². The lowest BCUT2D eigenvalue weighted by Gasteiger charge is -2.25. The van der Waals surface area contributed by atoms with Gasteiger partial charge in [-0.05, 0) is 18.9 Å². The number of halogens is 1. The third-order valence-electron chi connectivity index (χ3n) is 3.27. The van der Waals surface area contributed by atoms with E-state index in [1.807, 2.05) is 0 Å². The van der Waals surface area contributed by atoms with Crippen molar-refractivity contribution in [2.24, 2.45) is 0 Å². The first-order valence-electron chi connectivity index (χ1n) is 5.58. The Kier molecular flexibility index (Phi) is 2.21. The molecule has 4 nitrogen and oxygen atoms in total. The summed E-state index contributed by atoms with van der Waals surface area (Å²) < 4.78 is 24.1. The monoisotopic (exact) mass is 237 g/mol. The van der Waals surface area contributed by atoms with Crippen LogP contribution in [-0.4, -0.2) is 19.3 Å². The summed E-state index contributed by atoms with van der Waals surface area (Å²) in [5.41, 5.74) is 0.0335. The van der Waals surface area contributed by atoms with Crippen molar-refractivity contribution in [3.63, 3.8) is 0 Å². The number of amides is 1. The Balaban J connectivity index is 2.13. The average molecular weight is 237 g/mol. The van der Waals surface area contributed by atoms with Crippen molar-refractivity contribution < 1.29 is 18.7 Å². The first-order valence-corrected chi connectivity index (χ1v) is 5.58. The van der Waals surface area contributed by atoms with Gasteiger partial charge in [-0.2, -0.15) is 0 Å². The van der Waals surface area contributed by atoms with E-state index >= 15 is 0 Å². The molecule has 1 atom stereocenters. The number of ether oxygens (including phenoxy) is 2. The molecule has 1 saturated heterocycles. The minimum absolute atomic E-state index is 0.228. The smallest absolute Gasteiger partial charge is 0.408 e. The van der Waals surface area contributed by atoms with E-state index in [2.05, 4.69) is 5.32 Å². The number of hydrogen-bond donors (Lipinski definition) is 1. The number of nitrogens with one attached hydrogen (secondary N) is 1. The molecule has 0 radical (unpaired) electrons. The highest BCUT2D eigenvalue weighted by molar-refractivity contribution is 5.72.